The number of fused-ring (bicyclic) bond motifs is 1. The first-order chi connectivity index (χ1) is 15.9. The molecule has 172 valence electrons. The van der Waals surface area contributed by atoms with Crippen molar-refractivity contribution < 1.29 is 4.79 Å². The van der Waals surface area contributed by atoms with Crippen LogP contribution in [0, 0.1) is 0 Å². The predicted molar refractivity (Wildman–Crippen MR) is 129 cm³/mol. The summed E-state index contributed by atoms with van der Waals surface area (Å²) in [7, 11) is 0. The zero-order valence-corrected chi connectivity index (χ0v) is 19.6. The highest BCUT2D eigenvalue weighted by atomic mass is 35.5. The maximum absolute atomic E-state index is 12.4. The van der Waals surface area contributed by atoms with Gasteiger partial charge in [0, 0.05) is 11.9 Å². The Balaban J connectivity index is 1.30. The number of nitrogens with one attached hydrogen (secondary N) is 3. The van der Waals surface area contributed by atoms with Crippen molar-refractivity contribution in [3.63, 3.8) is 0 Å². The minimum absolute atomic E-state index is 0.0292. The van der Waals surface area contributed by atoms with Gasteiger partial charge < -0.3 is 16.0 Å². The van der Waals surface area contributed by atoms with Gasteiger partial charge in [-0.3, -0.25) is 9.48 Å². The highest BCUT2D eigenvalue weighted by Crippen LogP contribution is 2.40. The average Bonchev–Trinajstić information content (AvgIpc) is 3.37. The topological polar surface area (TPSA) is 96.8 Å². The van der Waals surface area contributed by atoms with Crippen LogP contribution in [0.4, 0.5) is 17.3 Å². The zero-order chi connectivity index (χ0) is 23.0. The quantitative estimate of drug-likeness (QED) is 0.509. The van der Waals surface area contributed by atoms with Crippen LogP contribution in [0.3, 0.4) is 0 Å². The highest BCUT2D eigenvalue weighted by molar-refractivity contribution is 6.31. The Hall–Kier alpha value is -2.97. The van der Waals surface area contributed by atoms with Crippen LogP contribution < -0.4 is 16.0 Å². The fraction of sp³-hybridized carbons (Fsp3) is 0.417. The van der Waals surface area contributed by atoms with E-state index < -0.39 is 5.41 Å². The van der Waals surface area contributed by atoms with E-state index in [-0.39, 0.29) is 5.91 Å². The van der Waals surface area contributed by atoms with Crippen molar-refractivity contribution in [3.8, 4) is 0 Å². The molecule has 2 aromatic heterocycles. The van der Waals surface area contributed by atoms with Gasteiger partial charge in [-0.1, -0.05) is 23.7 Å². The van der Waals surface area contributed by atoms with Gasteiger partial charge in [0.15, 0.2) is 0 Å². The molecule has 0 unspecified atom stereocenters. The van der Waals surface area contributed by atoms with Crippen LogP contribution in [0.25, 0.3) is 0 Å². The molecule has 0 saturated carbocycles. The monoisotopic (exact) mass is 465 g/mol. The number of hydrogen-bond donors (Lipinski definition) is 3. The van der Waals surface area contributed by atoms with Crippen molar-refractivity contribution in [1.82, 2.24) is 25.1 Å². The Bertz CT molecular complexity index is 1180. The number of benzene rings is 1. The molecule has 9 heteroatoms. The summed E-state index contributed by atoms with van der Waals surface area (Å²) in [6.07, 6.45) is 8.96. The predicted octanol–water partition coefficient (Wildman–Crippen LogP) is 4.01. The third-order valence-corrected chi connectivity index (χ3v) is 6.90. The average molecular weight is 466 g/mol. The number of nitrogens with zero attached hydrogens (tertiary/aromatic N) is 4. The molecule has 0 atom stereocenters. The molecule has 0 aliphatic carbocycles. The van der Waals surface area contributed by atoms with Crippen LogP contribution in [-0.2, 0) is 23.1 Å². The number of piperidine rings is 1. The molecule has 8 nitrogen and oxygen atoms in total. The van der Waals surface area contributed by atoms with E-state index in [0.29, 0.717) is 23.4 Å². The van der Waals surface area contributed by atoms with Crippen LogP contribution >= 0.6 is 11.6 Å². The van der Waals surface area contributed by atoms with Gasteiger partial charge in [-0.15, -0.1) is 0 Å². The van der Waals surface area contributed by atoms with Crippen molar-refractivity contribution in [2.75, 3.05) is 23.7 Å². The van der Waals surface area contributed by atoms with E-state index in [1.165, 1.54) is 0 Å². The number of aryl methyl sites for hydroxylation is 2. The van der Waals surface area contributed by atoms with E-state index in [1.807, 2.05) is 36.9 Å². The molecule has 5 rings (SSSR count). The van der Waals surface area contributed by atoms with E-state index in [0.717, 1.165) is 60.5 Å². The fourth-order valence-corrected chi connectivity index (χ4v) is 4.92. The lowest BCUT2D eigenvalue weighted by molar-refractivity contribution is -0.119. The fourth-order valence-electron chi connectivity index (χ4n) is 4.74. The minimum Gasteiger partial charge on any atom is -0.325 e. The van der Waals surface area contributed by atoms with Crippen molar-refractivity contribution in [1.29, 1.82) is 0 Å². The highest BCUT2D eigenvalue weighted by Gasteiger charge is 2.39. The maximum Gasteiger partial charge on any atom is 0.234 e. The number of aromatic nitrogens is 4. The van der Waals surface area contributed by atoms with E-state index in [1.54, 1.807) is 12.4 Å². The molecule has 1 saturated heterocycles. The summed E-state index contributed by atoms with van der Waals surface area (Å²) in [5, 5.41) is 14.7. The molecule has 1 aromatic carbocycles. The Morgan fingerprint density at radius 1 is 1.21 bits per heavy atom. The lowest BCUT2D eigenvalue weighted by atomic mass is 9.82. The SMILES string of the molecule is CC1(C)C(=O)Nc2cccc(CCc3nc(Nc4cnn(C5CCNCC5)c4)ncc3Cl)c21. The van der Waals surface area contributed by atoms with Gasteiger partial charge in [-0.25, -0.2) is 9.97 Å². The number of halogens is 1. The molecule has 33 heavy (non-hydrogen) atoms. The second-order valence-electron chi connectivity index (χ2n) is 9.22. The van der Waals surface area contributed by atoms with Crippen LogP contribution in [0.15, 0.2) is 36.8 Å². The molecule has 3 aromatic rings. The Morgan fingerprint density at radius 2 is 2.03 bits per heavy atom. The van der Waals surface area contributed by atoms with Gasteiger partial charge in [0.25, 0.3) is 0 Å². The summed E-state index contributed by atoms with van der Waals surface area (Å²) < 4.78 is 2.02. The number of hydrogen-bond acceptors (Lipinski definition) is 6. The summed E-state index contributed by atoms with van der Waals surface area (Å²) in [4.78, 5) is 21.4. The van der Waals surface area contributed by atoms with Gasteiger partial charge in [-0.2, -0.15) is 5.10 Å². The van der Waals surface area contributed by atoms with E-state index >= 15 is 0 Å². The van der Waals surface area contributed by atoms with Crippen molar-refractivity contribution >= 4 is 34.8 Å². The molecule has 4 heterocycles. The number of anilines is 3. The van der Waals surface area contributed by atoms with Crippen molar-refractivity contribution in [2.24, 2.45) is 0 Å². The summed E-state index contributed by atoms with van der Waals surface area (Å²) in [6.45, 7) is 5.95. The molecule has 0 bridgehead atoms. The van der Waals surface area contributed by atoms with E-state index in [9.17, 15) is 4.79 Å². The Morgan fingerprint density at radius 3 is 2.85 bits per heavy atom. The normalized spacial score (nSPS) is 17.6. The van der Waals surface area contributed by atoms with E-state index in [2.05, 4.69) is 37.1 Å². The first-order valence-electron chi connectivity index (χ1n) is 11.4. The molecule has 1 fully saturated rings. The second-order valence-corrected chi connectivity index (χ2v) is 9.63. The van der Waals surface area contributed by atoms with Gasteiger partial charge in [0.2, 0.25) is 11.9 Å². The standard InChI is InChI=1S/C24H28ClN7O/c1-24(2)21-15(4-3-5-20(21)30-22(24)33)6-7-19-18(25)13-27-23(31-19)29-16-12-28-32(14-16)17-8-10-26-11-9-17/h3-5,12-14,17,26H,6-11H2,1-2H3,(H,30,33)(H,27,29,31). The summed E-state index contributed by atoms with van der Waals surface area (Å²) in [5.41, 5.74) is 4.15. The van der Waals surface area contributed by atoms with Gasteiger partial charge in [0.1, 0.15) is 0 Å². The molecule has 3 N–H and O–H groups in total. The Kier molecular flexibility index (Phi) is 5.80. The van der Waals surface area contributed by atoms with Crippen LogP contribution in [-0.4, -0.2) is 38.7 Å². The number of carbonyl (C=O) groups is 1. The number of amides is 1. The first kappa shape index (κ1) is 21.9. The van der Waals surface area contributed by atoms with E-state index in [4.69, 9.17) is 11.6 Å². The third-order valence-electron chi connectivity index (χ3n) is 6.58. The molecule has 2 aliphatic heterocycles. The summed E-state index contributed by atoms with van der Waals surface area (Å²) >= 11 is 6.43. The minimum atomic E-state index is -0.553. The zero-order valence-electron chi connectivity index (χ0n) is 18.9. The maximum atomic E-state index is 12.4. The Labute approximate surface area is 198 Å². The number of rotatable bonds is 6. The number of carbonyl (C=O) groups excluding carboxylic acids is 1. The second kappa shape index (κ2) is 8.76. The molecule has 2 aliphatic rings. The van der Waals surface area contributed by atoms with Crippen molar-refractivity contribution in [2.45, 2.75) is 51.0 Å². The first-order valence-corrected chi connectivity index (χ1v) is 11.8. The third kappa shape index (κ3) is 4.32. The van der Waals surface area contributed by atoms with Gasteiger partial charge in [-0.05, 0) is 69.8 Å². The summed E-state index contributed by atoms with van der Waals surface area (Å²) in [6, 6.07) is 6.42. The van der Waals surface area contributed by atoms with Gasteiger partial charge >= 0.3 is 0 Å². The molecular weight excluding hydrogens is 438 g/mol. The summed E-state index contributed by atoms with van der Waals surface area (Å²) in [5.74, 6) is 0.524. The smallest absolute Gasteiger partial charge is 0.234 e. The lowest BCUT2D eigenvalue weighted by Gasteiger charge is -2.22. The van der Waals surface area contributed by atoms with Gasteiger partial charge in [0.05, 0.1) is 40.3 Å². The largest absolute Gasteiger partial charge is 0.325 e. The van der Waals surface area contributed by atoms with Crippen LogP contribution in [0.5, 0.6) is 0 Å². The van der Waals surface area contributed by atoms with Crippen molar-refractivity contribution in [3.05, 3.63) is 58.6 Å². The molecule has 0 spiro atoms. The molecule has 0 radical (unpaired) electrons. The molecular formula is C24H28ClN7O. The lowest BCUT2D eigenvalue weighted by Crippen LogP contribution is -2.29. The van der Waals surface area contributed by atoms with Crippen LogP contribution in [0.1, 0.15) is 49.6 Å². The van der Waals surface area contributed by atoms with Crippen LogP contribution in [0.2, 0.25) is 5.02 Å². The molecule has 1 amide bonds.